The molecule has 1 saturated heterocycles. The molecule has 140 valence electrons. The summed E-state index contributed by atoms with van der Waals surface area (Å²) in [5.74, 6) is 0. The van der Waals surface area contributed by atoms with Gasteiger partial charge >= 0.3 is 6.09 Å². The first kappa shape index (κ1) is 19.6. The van der Waals surface area contributed by atoms with Crippen molar-refractivity contribution < 1.29 is 9.53 Å². The number of amides is 1. The summed E-state index contributed by atoms with van der Waals surface area (Å²) in [4.78, 5) is 14.4. The molecule has 0 spiro atoms. The van der Waals surface area contributed by atoms with Crippen LogP contribution in [0.3, 0.4) is 0 Å². The minimum Gasteiger partial charge on any atom is -0.444 e. The molecule has 1 saturated carbocycles. The van der Waals surface area contributed by atoms with E-state index in [0.717, 1.165) is 26.1 Å². The molecule has 0 radical (unpaired) electrons. The van der Waals surface area contributed by atoms with Gasteiger partial charge in [0, 0.05) is 31.1 Å². The highest BCUT2D eigenvalue weighted by Gasteiger charge is 2.38. The maximum atomic E-state index is 12.5. The Morgan fingerprint density at radius 3 is 2.54 bits per heavy atom. The maximum absolute atomic E-state index is 12.5. The third-order valence-corrected chi connectivity index (χ3v) is 5.46. The molecular weight excluding hydrogens is 300 g/mol. The lowest BCUT2D eigenvalue weighted by molar-refractivity contribution is 0.00179. The molecule has 1 N–H and O–H groups in total. The average Bonchev–Trinajstić information content (AvgIpc) is 2.53. The van der Waals surface area contributed by atoms with E-state index in [1.807, 2.05) is 25.7 Å². The zero-order chi connectivity index (χ0) is 17.6. The number of likely N-dealkylation sites (tertiary alicyclic amines) is 1. The van der Waals surface area contributed by atoms with E-state index in [0.29, 0.717) is 6.04 Å². The zero-order valence-corrected chi connectivity index (χ0v) is 16.3. The molecule has 2 fully saturated rings. The van der Waals surface area contributed by atoms with E-state index in [-0.39, 0.29) is 11.5 Å². The highest BCUT2D eigenvalue weighted by molar-refractivity contribution is 5.68. The Bertz CT molecular complexity index is 395. The second kappa shape index (κ2) is 8.55. The van der Waals surface area contributed by atoms with E-state index in [2.05, 4.69) is 12.2 Å². The van der Waals surface area contributed by atoms with Gasteiger partial charge in [-0.25, -0.2) is 4.79 Å². The molecule has 0 aromatic rings. The number of piperidine rings is 1. The number of hydrogen-bond acceptors (Lipinski definition) is 3. The molecule has 2 aliphatic rings. The lowest BCUT2D eigenvalue weighted by Gasteiger charge is -2.44. The second-order valence-electron chi connectivity index (χ2n) is 8.97. The standard InChI is InChI=1S/C20H38N2O2/c1-5-12-20(15-21-17-10-7-6-8-11-17)13-9-14-22(16-20)18(23)24-19(2,3)4/h17,21H,5-16H2,1-4H3. The molecule has 1 unspecified atom stereocenters. The van der Waals surface area contributed by atoms with Crippen molar-refractivity contribution in [1.82, 2.24) is 10.2 Å². The topological polar surface area (TPSA) is 41.6 Å². The first-order valence-corrected chi connectivity index (χ1v) is 10.0. The van der Waals surface area contributed by atoms with Crippen molar-refractivity contribution in [3.8, 4) is 0 Å². The van der Waals surface area contributed by atoms with E-state index in [4.69, 9.17) is 4.74 Å². The average molecular weight is 339 g/mol. The van der Waals surface area contributed by atoms with Gasteiger partial charge in [0.25, 0.3) is 0 Å². The van der Waals surface area contributed by atoms with Crippen molar-refractivity contribution in [2.45, 2.75) is 97.1 Å². The highest BCUT2D eigenvalue weighted by Crippen LogP contribution is 2.35. The second-order valence-corrected chi connectivity index (χ2v) is 8.97. The fraction of sp³-hybridized carbons (Fsp3) is 0.950. The number of nitrogens with zero attached hydrogens (tertiary/aromatic N) is 1. The van der Waals surface area contributed by atoms with Crippen LogP contribution in [0.2, 0.25) is 0 Å². The molecule has 0 bridgehead atoms. The third-order valence-electron chi connectivity index (χ3n) is 5.46. The van der Waals surface area contributed by atoms with Crippen LogP contribution in [-0.4, -0.2) is 42.3 Å². The Hall–Kier alpha value is -0.770. The Labute approximate surface area is 148 Å². The molecule has 4 nitrogen and oxygen atoms in total. The molecule has 0 aromatic heterocycles. The van der Waals surface area contributed by atoms with Crippen LogP contribution >= 0.6 is 0 Å². The molecule has 0 aromatic carbocycles. The van der Waals surface area contributed by atoms with Crippen molar-refractivity contribution >= 4 is 6.09 Å². The van der Waals surface area contributed by atoms with E-state index in [1.54, 1.807) is 0 Å². The summed E-state index contributed by atoms with van der Waals surface area (Å²) in [6.45, 7) is 10.8. The Balaban J connectivity index is 1.95. The number of carbonyl (C=O) groups excluding carboxylic acids is 1. The van der Waals surface area contributed by atoms with Crippen LogP contribution in [0, 0.1) is 5.41 Å². The fourth-order valence-corrected chi connectivity index (χ4v) is 4.32. The molecule has 1 heterocycles. The van der Waals surface area contributed by atoms with Crippen LogP contribution in [0.15, 0.2) is 0 Å². The fourth-order valence-electron chi connectivity index (χ4n) is 4.32. The lowest BCUT2D eigenvalue weighted by Crippen LogP contribution is -2.52. The largest absolute Gasteiger partial charge is 0.444 e. The number of hydrogen-bond donors (Lipinski definition) is 1. The van der Waals surface area contributed by atoms with Gasteiger partial charge in [-0.2, -0.15) is 0 Å². The van der Waals surface area contributed by atoms with Gasteiger partial charge in [0.05, 0.1) is 0 Å². The van der Waals surface area contributed by atoms with E-state index in [9.17, 15) is 4.79 Å². The van der Waals surface area contributed by atoms with Crippen LogP contribution in [0.25, 0.3) is 0 Å². The van der Waals surface area contributed by atoms with Gasteiger partial charge in [0.1, 0.15) is 5.60 Å². The molecule has 2 rings (SSSR count). The first-order valence-electron chi connectivity index (χ1n) is 10.0. The Morgan fingerprint density at radius 1 is 1.21 bits per heavy atom. The van der Waals surface area contributed by atoms with Crippen molar-refractivity contribution in [2.24, 2.45) is 5.41 Å². The van der Waals surface area contributed by atoms with Gasteiger partial charge in [-0.3, -0.25) is 0 Å². The van der Waals surface area contributed by atoms with Gasteiger partial charge in [-0.05, 0) is 52.9 Å². The smallest absolute Gasteiger partial charge is 0.410 e. The molecule has 24 heavy (non-hydrogen) atoms. The number of nitrogens with one attached hydrogen (secondary N) is 1. The molecule has 1 atom stereocenters. The summed E-state index contributed by atoms with van der Waals surface area (Å²) in [5.41, 5.74) is -0.191. The normalized spacial score (nSPS) is 26.4. The van der Waals surface area contributed by atoms with E-state index >= 15 is 0 Å². The highest BCUT2D eigenvalue weighted by atomic mass is 16.6. The summed E-state index contributed by atoms with van der Waals surface area (Å²) in [6.07, 6.45) is 11.3. The Kier molecular flexibility index (Phi) is 6.97. The predicted octanol–water partition coefficient (Wildman–Crippen LogP) is 4.73. The van der Waals surface area contributed by atoms with Gasteiger partial charge in [0.15, 0.2) is 0 Å². The van der Waals surface area contributed by atoms with Crippen molar-refractivity contribution in [3.05, 3.63) is 0 Å². The summed E-state index contributed by atoms with van der Waals surface area (Å²) < 4.78 is 5.61. The number of carbonyl (C=O) groups is 1. The quantitative estimate of drug-likeness (QED) is 0.788. The maximum Gasteiger partial charge on any atom is 0.410 e. The summed E-state index contributed by atoms with van der Waals surface area (Å²) in [6, 6.07) is 0.685. The van der Waals surface area contributed by atoms with Gasteiger partial charge in [0.2, 0.25) is 0 Å². The summed E-state index contributed by atoms with van der Waals surface area (Å²) in [7, 11) is 0. The monoisotopic (exact) mass is 338 g/mol. The van der Waals surface area contributed by atoms with Crippen molar-refractivity contribution in [2.75, 3.05) is 19.6 Å². The summed E-state index contributed by atoms with van der Waals surface area (Å²) in [5, 5.41) is 3.85. The molecule has 1 aliphatic heterocycles. The minimum atomic E-state index is -0.414. The molecular formula is C20H38N2O2. The first-order chi connectivity index (χ1) is 11.3. The predicted molar refractivity (Wildman–Crippen MR) is 99.3 cm³/mol. The van der Waals surface area contributed by atoms with Crippen LogP contribution < -0.4 is 5.32 Å². The molecule has 4 heteroatoms. The minimum absolute atomic E-state index is 0.139. The van der Waals surface area contributed by atoms with Crippen molar-refractivity contribution in [3.63, 3.8) is 0 Å². The Morgan fingerprint density at radius 2 is 1.92 bits per heavy atom. The van der Waals surface area contributed by atoms with Crippen LogP contribution in [0.1, 0.15) is 85.5 Å². The SMILES string of the molecule is CCCC1(CNC2CCCCC2)CCCN(C(=O)OC(C)(C)C)C1. The van der Waals surface area contributed by atoms with Gasteiger partial charge in [-0.15, -0.1) is 0 Å². The summed E-state index contributed by atoms with van der Waals surface area (Å²) >= 11 is 0. The number of ether oxygens (including phenoxy) is 1. The molecule has 1 aliphatic carbocycles. The van der Waals surface area contributed by atoms with Crippen LogP contribution in [0.5, 0.6) is 0 Å². The van der Waals surface area contributed by atoms with E-state index < -0.39 is 5.60 Å². The van der Waals surface area contributed by atoms with Crippen molar-refractivity contribution in [1.29, 1.82) is 0 Å². The third kappa shape index (κ3) is 5.94. The zero-order valence-electron chi connectivity index (χ0n) is 16.3. The van der Waals surface area contributed by atoms with Gasteiger partial charge < -0.3 is 15.0 Å². The molecule has 1 amide bonds. The lowest BCUT2D eigenvalue weighted by atomic mass is 9.76. The van der Waals surface area contributed by atoms with Crippen LogP contribution in [-0.2, 0) is 4.74 Å². The number of rotatable bonds is 5. The van der Waals surface area contributed by atoms with Crippen LogP contribution in [0.4, 0.5) is 4.79 Å². The van der Waals surface area contributed by atoms with E-state index in [1.165, 1.54) is 51.4 Å². The van der Waals surface area contributed by atoms with Gasteiger partial charge in [-0.1, -0.05) is 32.6 Å².